The number of nitrogens with two attached hydrogens (primary N) is 1. The Labute approximate surface area is 99.6 Å². The lowest BCUT2D eigenvalue weighted by atomic mass is 10.1. The number of nitrogens with one attached hydrogen (secondary N) is 1. The maximum Gasteiger partial charge on any atom is 0.240 e. The van der Waals surface area contributed by atoms with Crippen molar-refractivity contribution in [3.05, 3.63) is 29.8 Å². The van der Waals surface area contributed by atoms with E-state index in [1.54, 1.807) is 0 Å². The minimum absolute atomic E-state index is 0.234. The molecular weight excluding hydrogens is 218 g/mol. The third-order valence-corrected chi connectivity index (χ3v) is 2.77. The van der Waals surface area contributed by atoms with Crippen LogP contribution >= 0.6 is 0 Å². The van der Waals surface area contributed by atoms with Gasteiger partial charge in [0, 0.05) is 12.2 Å². The summed E-state index contributed by atoms with van der Waals surface area (Å²) in [7, 11) is 0. The molecule has 1 aromatic carbocycles. The number of nitrogen functional groups attached to an aromatic ring is 1. The summed E-state index contributed by atoms with van der Waals surface area (Å²) in [4.78, 5) is 24.2. The average Bonchev–Trinajstić information content (AvgIpc) is 2.27. The Morgan fingerprint density at radius 2 is 1.82 bits per heavy atom. The minimum Gasteiger partial charge on any atom is -0.399 e. The summed E-state index contributed by atoms with van der Waals surface area (Å²) >= 11 is 0. The number of carbonyl (C=O) groups excluding carboxylic acids is 2. The van der Waals surface area contributed by atoms with Crippen molar-refractivity contribution in [2.45, 2.75) is 6.42 Å². The van der Waals surface area contributed by atoms with Crippen LogP contribution in [0.3, 0.4) is 0 Å². The minimum atomic E-state index is -0.234. The molecule has 1 saturated heterocycles. The van der Waals surface area contributed by atoms with Crippen LogP contribution in [0.1, 0.15) is 5.56 Å². The number of anilines is 1. The van der Waals surface area contributed by atoms with E-state index in [4.69, 9.17) is 5.73 Å². The Morgan fingerprint density at radius 1 is 1.18 bits per heavy atom. The molecule has 17 heavy (non-hydrogen) atoms. The van der Waals surface area contributed by atoms with Gasteiger partial charge < -0.3 is 5.73 Å². The van der Waals surface area contributed by atoms with Crippen LogP contribution in [0.25, 0.3) is 0 Å². The summed E-state index contributed by atoms with van der Waals surface area (Å²) in [5.41, 5.74) is 7.62. The van der Waals surface area contributed by atoms with Gasteiger partial charge in [-0.15, -0.1) is 0 Å². The topological polar surface area (TPSA) is 75.4 Å². The summed E-state index contributed by atoms with van der Waals surface area (Å²) in [5.74, 6) is -0.468. The fourth-order valence-corrected chi connectivity index (χ4v) is 1.90. The first-order valence-corrected chi connectivity index (χ1v) is 5.53. The highest BCUT2D eigenvalue weighted by atomic mass is 16.2. The number of nitrogens with zero attached hydrogens (tertiary/aromatic N) is 1. The van der Waals surface area contributed by atoms with Gasteiger partial charge in [-0.3, -0.25) is 19.8 Å². The largest absolute Gasteiger partial charge is 0.399 e. The van der Waals surface area contributed by atoms with Gasteiger partial charge in [0.25, 0.3) is 0 Å². The molecule has 1 fully saturated rings. The van der Waals surface area contributed by atoms with Crippen molar-refractivity contribution in [2.75, 3.05) is 25.4 Å². The Balaban J connectivity index is 1.92. The van der Waals surface area contributed by atoms with Crippen molar-refractivity contribution >= 4 is 17.5 Å². The zero-order chi connectivity index (χ0) is 12.3. The molecule has 1 aliphatic heterocycles. The highest BCUT2D eigenvalue weighted by Crippen LogP contribution is 2.11. The molecule has 0 bridgehead atoms. The number of hydrogen-bond acceptors (Lipinski definition) is 4. The van der Waals surface area contributed by atoms with Gasteiger partial charge in [-0.2, -0.15) is 0 Å². The van der Waals surface area contributed by atoms with Crippen LogP contribution < -0.4 is 11.1 Å². The summed E-state index contributed by atoms with van der Waals surface area (Å²) in [6.45, 7) is 1.21. The molecule has 3 N–H and O–H groups in total. The van der Waals surface area contributed by atoms with Crippen molar-refractivity contribution in [1.29, 1.82) is 0 Å². The lowest BCUT2D eigenvalue weighted by Gasteiger charge is -2.25. The van der Waals surface area contributed by atoms with Gasteiger partial charge in [-0.25, -0.2) is 0 Å². The second kappa shape index (κ2) is 4.97. The molecule has 2 amide bonds. The van der Waals surface area contributed by atoms with Crippen molar-refractivity contribution in [3.63, 3.8) is 0 Å². The van der Waals surface area contributed by atoms with E-state index in [1.165, 1.54) is 0 Å². The van der Waals surface area contributed by atoms with Crippen LogP contribution in [-0.4, -0.2) is 36.3 Å². The Morgan fingerprint density at radius 3 is 2.47 bits per heavy atom. The van der Waals surface area contributed by atoms with Gasteiger partial charge >= 0.3 is 0 Å². The molecule has 0 atom stereocenters. The van der Waals surface area contributed by atoms with E-state index in [0.29, 0.717) is 6.54 Å². The first kappa shape index (κ1) is 11.6. The van der Waals surface area contributed by atoms with E-state index < -0.39 is 0 Å². The second-order valence-corrected chi connectivity index (χ2v) is 4.13. The highest BCUT2D eigenvalue weighted by molar-refractivity contribution is 5.99. The smallest absolute Gasteiger partial charge is 0.240 e. The van der Waals surface area contributed by atoms with Crippen LogP contribution in [-0.2, 0) is 16.0 Å². The Kier molecular flexibility index (Phi) is 3.39. The number of para-hydroxylation sites is 1. The van der Waals surface area contributed by atoms with Crippen molar-refractivity contribution < 1.29 is 9.59 Å². The summed E-state index contributed by atoms with van der Waals surface area (Å²) in [5, 5.41) is 2.27. The van der Waals surface area contributed by atoms with E-state index in [2.05, 4.69) is 5.32 Å². The number of benzene rings is 1. The molecule has 0 unspecified atom stereocenters. The van der Waals surface area contributed by atoms with Crippen LogP contribution in [0.4, 0.5) is 5.69 Å². The second-order valence-electron chi connectivity index (χ2n) is 4.13. The SMILES string of the molecule is Nc1ccccc1CCN1CC(=O)NC(=O)C1. The zero-order valence-corrected chi connectivity index (χ0v) is 9.48. The van der Waals surface area contributed by atoms with Crippen molar-refractivity contribution in [3.8, 4) is 0 Å². The van der Waals surface area contributed by atoms with Crippen molar-refractivity contribution in [1.82, 2.24) is 10.2 Å². The molecule has 5 heteroatoms. The van der Waals surface area contributed by atoms with Gasteiger partial charge in [0.2, 0.25) is 11.8 Å². The lowest BCUT2D eigenvalue weighted by Crippen LogP contribution is -2.51. The number of hydrogen-bond donors (Lipinski definition) is 2. The van der Waals surface area contributed by atoms with Gasteiger partial charge in [0.1, 0.15) is 0 Å². The molecule has 5 nitrogen and oxygen atoms in total. The Bertz CT molecular complexity index is 429. The molecule has 0 aromatic heterocycles. The molecule has 0 radical (unpaired) electrons. The molecule has 0 spiro atoms. The fraction of sp³-hybridized carbons (Fsp3) is 0.333. The van der Waals surface area contributed by atoms with E-state index in [9.17, 15) is 9.59 Å². The number of imide groups is 1. The van der Waals surface area contributed by atoms with E-state index >= 15 is 0 Å². The highest BCUT2D eigenvalue weighted by Gasteiger charge is 2.21. The monoisotopic (exact) mass is 233 g/mol. The first-order chi connectivity index (χ1) is 8.15. The van der Waals surface area contributed by atoms with E-state index in [1.807, 2.05) is 29.2 Å². The van der Waals surface area contributed by atoms with Crippen molar-refractivity contribution in [2.24, 2.45) is 0 Å². The number of rotatable bonds is 3. The predicted molar refractivity (Wildman–Crippen MR) is 64.1 cm³/mol. The quantitative estimate of drug-likeness (QED) is 0.558. The number of piperazine rings is 1. The normalized spacial score (nSPS) is 16.9. The molecule has 0 aliphatic carbocycles. The summed E-state index contributed by atoms with van der Waals surface area (Å²) < 4.78 is 0. The molecule has 0 saturated carbocycles. The fourth-order valence-electron chi connectivity index (χ4n) is 1.90. The molecule has 1 aliphatic rings. The van der Waals surface area contributed by atoms with Crippen LogP contribution in [0.5, 0.6) is 0 Å². The number of carbonyl (C=O) groups is 2. The van der Waals surface area contributed by atoms with Crippen LogP contribution in [0.15, 0.2) is 24.3 Å². The standard InChI is InChI=1S/C12H15N3O2/c13-10-4-2-1-3-9(10)5-6-15-7-11(16)14-12(17)8-15/h1-4H,5-8,13H2,(H,14,16,17). The summed E-state index contributed by atoms with van der Waals surface area (Å²) in [6.07, 6.45) is 0.743. The maximum atomic E-state index is 11.2. The molecule has 1 aromatic rings. The lowest BCUT2D eigenvalue weighted by molar-refractivity contribution is -0.135. The zero-order valence-electron chi connectivity index (χ0n) is 9.48. The van der Waals surface area contributed by atoms with E-state index in [0.717, 1.165) is 17.7 Å². The molecular formula is C12H15N3O2. The third kappa shape index (κ3) is 3.04. The first-order valence-electron chi connectivity index (χ1n) is 5.53. The van der Waals surface area contributed by atoms with Gasteiger partial charge in [0.05, 0.1) is 13.1 Å². The molecule has 1 heterocycles. The summed E-state index contributed by atoms with van der Waals surface area (Å²) in [6, 6.07) is 7.63. The van der Waals surface area contributed by atoms with Crippen LogP contribution in [0, 0.1) is 0 Å². The average molecular weight is 233 g/mol. The maximum absolute atomic E-state index is 11.2. The van der Waals surface area contributed by atoms with Gasteiger partial charge in [-0.05, 0) is 18.1 Å². The molecule has 90 valence electrons. The van der Waals surface area contributed by atoms with Gasteiger partial charge in [0.15, 0.2) is 0 Å². The van der Waals surface area contributed by atoms with Gasteiger partial charge in [-0.1, -0.05) is 18.2 Å². The Hall–Kier alpha value is -1.88. The third-order valence-electron chi connectivity index (χ3n) is 2.77. The molecule has 2 rings (SSSR count). The van der Waals surface area contributed by atoms with E-state index in [-0.39, 0.29) is 24.9 Å². The number of amides is 2. The van der Waals surface area contributed by atoms with Crippen LogP contribution in [0.2, 0.25) is 0 Å². The predicted octanol–water partition coefficient (Wildman–Crippen LogP) is -0.230.